The minimum atomic E-state index is 1.15. The third-order valence-electron chi connectivity index (χ3n) is 14.6. The van der Waals surface area contributed by atoms with Gasteiger partial charge in [0.2, 0.25) is 0 Å². The summed E-state index contributed by atoms with van der Waals surface area (Å²) in [7, 11) is 0. The molecule has 0 unspecified atom stereocenters. The topological polar surface area (TPSA) is 9.86 Å². The molecule has 2 heteroatoms. The molecule has 304 valence electrons. The fraction of sp³-hybridized carbons (Fsp3) is 0. The molecule has 0 atom stereocenters. The molecule has 0 saturated heterocycles. The van der Waals surface area contributed by atoms with Crippen molar-refractivity contribution in [1.29, 1.82) is 0 Å². The summed E-state index contributed by atoms with van der Waals surface area (Å²) in [5.41, 5.74) is 17.3. The van der Waals surface area contributed by atoms with E-state index in [-0.39, 0.29) is 0 Å². The van der Waals surface area contributed by atoms with Crippen LogP contribution in [0.15, 0.2) is 231 Å². The number of aromatic nitrogens is 2. The van der Waals surface area contributed by atoms with Crippen LogP contribution in [0.4, 0.5) is 0 Å². The molecule has 66 heavy (non-hydrogen) atoms. The molecular weight excluding hydrogens is 797 g/mol. The number of hydrogen-bond donors (Lipinski definition) is 0. The lowest BCUT2D eigenvalue weighted by Gasteiger charge is -2.21. The van der Waals surface area contributed by atoms with Gasteiger partial charge >= 0.3 is 0 Å². The number of benzene rings is 12. The van der Waals surface area contributed by atoms with Crippen LogP contribution < -0.4 is 0 Å². The minimum Gasteiger partial charge on any atom is -0.309 e. The van der Waals surface area contributed by atoms with Gasteiger partial charge in [0.15, 0.2) is 0 Å². The van der Waals surface area contributed by atoms with Gasteiger partial charge in [-0.15, -0.1) is 0 Å². The van der Waals surface area contributed by atoms with Gasteiger partial charge in [0.25, 0.3) is 0 Å². The van der Waals surface area contributed by atoms with E-state index >= 15 is 0 Å². The monoisotopic (exact) mass is 834 g/mol. The van der Waals surface area contributed by atoms with Gasteiger partial charge in [-0.2, -0.15) is 0 Å². The third-order valence-corrected chi connectivity index (χ3v) is 14.6. The Labute approximate surface area is 380 Å². The largest absolute Gasteiger partial charge is 0.309 e. The van der Waals surface area contributed by atoms with Gasteiger partial charge in [-0.25, -0.2) is 0 Å². The fourth-order valence-corrected chi connectivity index (χ4v) is 12.0. The third kappa shape index (κ3) is 4.80. The van der Waals surface area contributed by atoms with Crippen molar-refractivity contribution in [2.24, 2.45) is 0 Å². The first-order chi connectivity index (χ1) is 32.8. The van der Waals surface area contributed by atoms with Crippen molar-refractivity contribution >= 4 is 86.7 Å². The van der Waals surface area contributed by atoms with E-state index in [0.717, 1.165) is 11.4 Å². The van der Waals surface area contributed by atoms with Crippen molar-refractivity contribution in [2.45, 2.75) is 0 Å². The van der Waals surface area contributed by atoms with E-state index in [0.29, 0.717) is 0 Å². The smallest absolute Gasteiger partial charge is 0.0547 e. The van der Waals surface area contributed by atoms with Crippen LogP contribution in [0.2, 0.25) is 0 Å². The maximum atomic E-state index is 2.47. The van der Waals surface area contributed by atoms with E-state index in [1.165, 1.54) is 131 Å². The SMILES string of the molecule is c1cc(-c2c3c(c(-c4cccc(-n5c6ccccc6c6c7ccccc7ccc65)c4)c4ccccc24)-c2cccc4cccc-3c24)cc(-n2c3ccccc3c3c4ccccc4ccc32)c1. The molecule has 0 bridgehead atoms. The van der Waals surface area contributed by atoms with Crippen molar-refractivity contribution in [3.8, 4) is 55.9 Å². The zero-order chi connectivity index (χ0) is 43.0. The van der Waals surface area contributed by atoms with Crippen molar-refractivity contribution < 1.29 is 0 Å². The molecular formula is C64H38N2. The second-order valence-electron chi connectivity index (χ2n) is 17.9. The molecule has 0 radical (unpaired) electrons. The molecule has 1 aliphatic rings. The Morgan fingerprint density at radius 2 is 0.621 bits per heavy atom. The van der Waals surface area contributed by atoms with Crippen LogP contribution >= 0.6 is 0 Å². The van der Waals surface area contributed by atoms with E-state index in [2.05, 4.69) is 240 Å². The average molecular weight is 835 g/mol. The van der Waals surface area contributed by atoms with Crippen molar-refractivity contribution in [3.05, 3.63) is 231 Å². The van der Waals surface area contributed by atoms with Crippen LogP contribution in [-0.2, 0) is 0 Å². The van der Waals surface area contributed by atoms with Crippen LogP contribution in [0.1, 0.15) is 0 Å². The predicted octanol–water partition coefficient (Wildman–Crippen LogP) is 17.5. The number of fused-ring (bicyclic) bond motifs is 14. The highest BCUT2D eigenvalue weighted by Gasteiger charge is 2.31. The molecule has 0 fully saturated rings. The maximum absolute atomic E-state index is 2.47. The predicted molar refractivity (Wildman–Crippen MR) is 280 cm³/mol. The summed E-state index contributed by atoms with van der Waals surface area (Å²) < 4.78 is 4.94. The zero-order valence-electron chi connectivity index (χ0n) is 35.8. The highest BCUT2D eigenvalue weighted by Crippen LogP contribution is 2.58. The summed E-state index contributed by atoms with van der Waals surface area (Å²) in [4.78, 5) is 0. The van der Waals surface area contributed by atoms with Gasteiger partial charge in [-0.3, -0.25) is 0 Å². The summed E-state index contributed by atoms with van der Waals surface area (Å²) in [6.07, 6.45) is 0. The lowest BCUT2D eigenvalue weighted by Crippen LogP contribution is -1.98. The number of para-hydroxylation sites is 2. The van der Waals surface area contributed by atoms with E-state index < -0.39 is 0 Å². The quantitative estimate of drug-likeness (QED) is 0.167. The van der Waals surface area contributed by atoms with Crippen molar-refractivity contribution in [3.63, 3.8) is 0 Å². The second kappa shape index (κ2) is 13.4. The Kier molecular flexibility index (Phi) is 7.25. The van der Waals surface area contributed by atoms with E-state index in [1.807, 2.05) is 0 Å². The van der Waals surface area contributed by atoms with Crippen LogP contribution in [0.3, 0.4) is 0 Å². The molecule has 0 spiro atoms. The highest BCUT2D eigenvalue weighted by atomic mass is 15.0. The highest BCUT2D eigenvalue weighted by molar-refractivity contribution is 6.28. The van der Waals surface area contributed by atoms with E-state index in [4.69, 9.17) is 0 Å². The normalized spacial score (nSPS) is 12.2. The Balaban J connectivity index is 1.01. The molecule has 15 rings (SSSR count). The Bertz CT molecular complexity index is 4130. The van der Waals surface area contributed by atoms with Crippen LogP contribution in [0, 0.1) is 0 Å². The van der Waals surface area contributed by atoms with E-state index in [9.17, 15) is 0 Å². The minimum absolute atomic E-state index is 1.15. The maximum Gasteiger partial charge on any atom is 0.0547 e. The second-order valence-corrected chi connectivity index (χ2v) is 17.9. The van der Waals surface area contributed by atoms with Gasteiger partial charge in [-0.05, 0) is 136 Å². The van der Waals surface area contributed by atoms with Gasteiger partial charge in [0.05, 0.1) is 22.1 Å². The van der Waals surface area contributed by atoms with Gasteiger partial charge < -0.3 is 9.13 Å². The van der Waals surface area contributed by atoms with Crippen LogP contribution in [-0.4, -0.2) is 9.13 Å². The summed E-state index contributed by atoms with van der Waals surface area (Å²) in [5, 5.41) is 15.3. The standard InChI is InChI=1S/C64H38N2/c1-3-23-46-39(15-1)33-35-56-61(46)50-27-7-9-31-54(50)65(56)44-21-11-19-42(37-44)59-48-25-5-6-26-49(48)60(64-53-30-14-18-41-17-13-29-52(58(41)53)63(59)64)43-20-12-22-45(38-43)66-55-32-10-8-28-51(55)62-47-24-4-2-16-40(47)34-36-57(62)66/h1-38H. The molecule has 2 heterocycles. The van der Waals surface area contributed by atoms with Gasteiger partial charge in [0, 0.05) is 32.9 Å². The lowest BCUT2D eigenvalue weighted by atomic mass is 9.82. The molecule has 12 aromatic carbocycles. The summed E-state index contributed by atoms with van der Waals surface area (Å²) >= 11 is 0. The van der Waals surface area contributed by atoms with Crippen molar-refractivity contribution in [2.75, 3.05) is 0 Å². The Morgan fingerprint density at radius 3 is 1.11 bits per heavy atom. The first kappa shape index (κ1) is 35.7. The zero-order valence-corrected chi connectivity index (χ0v) is 35.8. The van der Waals surface area contributed by atoms with Gasteiger partial charge in [0.1, 0.15) is 0 Å². The molecule has 2 aromatic heterocycles. The average Bonchev–Trinajstić information content (AvgIpc) is 4.03. The summed E-state index contributed by atoms with van der Waals surface area (Å²) in [5.74, 6) is 0. The number of hydrogen-bond acceptors (Lipinski definition) is 0. The molecule has 14 aromatic rings. The molecule has 1 aliphatic carbocycles. The van der Waals surface area contributed by atoms with Crippen LogP contribution in [0.5, 0.6) is 0 Å². The first-order valence-electron chi connectivity index (χ1n) is 22.9. The number of rotatable bonds is 4. The van der Waals surface area contributed by atoms with Crippen LogP contribution in [0.25, 0.3) is 143 Å². The van der Waals surface area contributed by atoms with E-state index in [1.54, 1.807) is 0 Å². The Morgan fingerprint density at radius 1 is 0.227 bits per heavy atom. The first-order valence-corrected chi connectivity index (χ1v) is 22.9. The molecule has 0 N–H and O–H groups in total. The molecule has 0 aliphatic heterocycles. The molecule has 0 saturated carbocycles. The molecule has 0 amide bonds. The lowest BCUT2D eigenvalue weighted by molar-refractivity contribution is 1.18. The summed E-state index contributed by atoms with van der Waals surface area (Å²) in [6.45, 7) is 0. The summed E-state index contributed by atoms with van der Waals surface area (Å²) in [6, 6.07) is 85.9. The number of nitrogens with zero attached hydrogens (tertiary/aromatic N) is 2. The Hall–Kier alpha value is -8.72. The molecule has 2 nitrogen and oxygen atoms in total. The fourth-order valence-electron chi connectivity index (χ4n) is 12.0. The van der Waals surface area contributed by atoms with Gasteiger partial charge in [-0.1, -0.05) is 182 Å². The van der Waals surface area contributed by atoms with Crippen molar-refractivity contribution in [1.82, 2.24) is 9.13 Å².